The van der Waals surface area contributed by atoms with Crippen molar-refractivity contribution in [3.05, 3.63) is 64.0 Å². The molecule has 90 valence electrons. The van der Waals surface area contributed by atoms with E-state index in [4.69, 9.17) is 0 Å². The smallest absolute Gasteiger partial charge is 0.270 e. The quantitative estimate of drug-likeness (QED) is 0.474. The number of hydrogen-bond donors (Lipinski definition) is 0. The zero-order valence-electron chi connectivity index (χ0n) is 9.17. The fourth-order valence-electron chi connectivity index (χ4n) is 1.62. The molecule has 0 saturated carbocycles. The van der Waals surface area contributed by atoms with Crippen LogP contribution in [-0.4, -0.2) is 11.2 Å². The molecule has 5 heteroatoms. The van der Waals surface area contributed by atoms with Crippen LogP contribution < -0.4 is 0 Å². The predicted octanol–water partition coefficient (Wildman–Crippen LogP) is 3.21. The van der Waals surface area contributed by atoms with E-state index in [1.807, 2.05) is 0 Å². The summed E-state index contributed by atoms with van der Waals surface area (Å²) in [5.74, 6) is -0.527. The zero-order chi connectivity index (χ0) is 13.1. The molecule has 0 amide bonds. The first-order valence-corrected chi connectivity index (χ1v) is 5.11. The highest BCUT2D eigenvalue weighted by molar-refractivity contribution is 5.79. The number of hydrogen-bond acceptors (Lipinski definition) is 3. The number of nitrogens with zero attached hydrogens (tertiary/aromatic N) is 1. The van der Waals surface area contributed by atoms with E-state index in [-0.39, 0.29) is 11.3 Å². The van der Waals surface area contributed by atoms with Crippen LogP contribution in [0.2, 0.25) is 0 Å². The lowest BCUT2D eigenvalue weighted by molar-refractivity contribution is -0.384. The number of benzene rings is 2. The van der Waals surface area contributed by atoms with Gasteiger partial charge in [-0.25, -0.2) is 4.39 Å². The minimum atomic E-state index is -0.551. The highest BCUT2D eigenvalue weighted by Crippen LogP contribution is 2.26. The summed E-state index contributed by atoms with van der Waals surface area (Å²) in [5.41, 5.74) is 0.731. The normalized spacial score (nSPS) is 10.1. The summed E-state index contributed by atoms with van der Waals surface area (Å²) in [6, 6.07) is 9.50. The average molecular weight is 245 g/mol. The molecule has 0 saturated heterocycles. The van der Waals surface area contributed by atoms with Crippen molar-refractivity contribution in [3.63, 3.8) is 0 Å². The monoisotopic (exact) mass is 245 g/mol. The van der Waals surface area contributed by atoms with Crippen LogP contribution in [0.1, 0.15) is 10.4 Å². The Balaban J connectivity index is 2.57. The molecule has 2 rings (SSSR count). The molecular weight excluding hydrogens is 237 g/mol. The van der Waals surface area contributed by atoms with Crippen molar-refractivity contribution >= 4 is 12.0 Å². The highest BCUT2D eigenvalue weighted by Gasteiger charge is 2.10. The fraction of sp³-hybridized carbons (Fsp3) is 0. The molecule has 0 aromatic heterocycles. The van der Waals surface area contributed by atoms with E-state index < -0.39 is 10.7 Å². The number of carbonyl (C=O) groups excluding carboxylic acids is 1. The van der Waals surface area contributed by atoms with E-state index >= 15 is 0 Å². The van der Waals surface area contributed by atoms with Crippen LogP contribution in [0.25, 0.3) is 11.1 Å². The lowest BCUT2D eigenvalue weighted by atomic mass is 10.0. The number of carbonyl (C=O) groups is 1. The standard InChI is InChI=1S/C13H8FNO3/c14-13-5-4-9(8-16)6-12(13)10-2-1-3-11(7-10)15(17)18/h1-8H. The molecule has 18 heavy (non-hydrogen) atoms. The van der Waals surface area contributed by atoms with Crippen molar-refractivity contribution in [1.82, 2.24) is 0 Å². The second kappa shape index (κ2) is 4.75. The number of rotatable bonds is 3. The molecule has 0 heterocycles. The topological polar surface area (TPSA) is 60.2 Å². The first kappa shape index (κ1) is 11.9. The van der Waals surface area contributed by atoms with Crippen molar-refractivity contribution in [2.75, 3.05) is 0 Å². The lowest BCUT2D eigenvalue weighted by Gasteiger charge is -2.04. The molecule has 4 nitrogen and oxygen atoms in total. The van der Waals surface area contributed by atoms with Gasteiger partial charge in [-0.1, -0.05) is 12.1 Å². The summed E-state index contributed by atoms with van der Waals surface area (Å²) in [5, 5.41) is 10.6. The van der Waals surface area contributed by atoms with Crippen LogP contribution in [0.4, 0.5) is 10.1 Å². The maximum atomic E-state index is 13.6. The molecule has 0 bridgehead atoms. The van der Waals surface area contributed by atoms with Gasteiger partial charge in [0.2, 0.25) is 0 Å². The predicted molar refractivity (Wildman–Crippen MR) is 63.9 cm³/mol. The number of nitro groups is 1. The van der Waals surface area contributed by atoms with Gasteiger partial charge in [0.1, 0.15) is 12.1 Å². The van der Waals surface area contributed by atoms with Crippen LogP contribution in [0.5, 0.6) is 0 Å². The van der Waals surface area contributed by atoms with E-state index in [1.54, 1.807) is 6.07 Å². The third kappa shape index (κ3) is 2.24. The molecule has 0 N–H and O–H groups in total. The summed E-state index contributed by atoms with van der Waals surface area (Å²) < 4.78 is 13.6. The average Bonchev–Trinajstić information content (AvgIpc) is 2.39. The molecule has 0 atom stereocenters. The minimum Gasteiger partial charge on any atom is -0.298 e. The van der Waals surface area contributed by atoms with E-state index in [0.717, 1.165) is 6.07 Å². The number of nitro benzene ring substituents is 1. The SMILES string of the molecule is O=Cc1ccc(F)c(-c2cccc([N+](=O)[O-])c2)c1. The van der Waals surface area contributed by atoms with Crippen molar-refractivity contribution < 1.29 is 14.1 Å². The van der Waals surface area contributed by atoms with E-state index in [0.29, 0.717) is 17.4 Å². The Morgan fingerprint density at radius 3 is 2.61 bits per heavy atom. The molecule has 0 unspecified atom stereocenters. The summed E-state index contributed by atoms with van der Waals surface area (Å²) >= 11 is 0. The van der Waals surface area contributed by atoms with Crippen LogP contribution >= 0.6 is 0 Å². The van der Waals surface area contributed by atoms with Gasteiger partial charge in [-0.05, 0) is 23.8 Å². The lowest BCUT2D eigenvalue weighted by Crippen LogP contribution is -1.91. The molecule has 0 radical (unpaired) electrons. The van der Waals surface area contributed by atoms with Crippen LogP contribution in [0.15, 0.2) is 42.5 Å². The van der Waals surface area contributed by atoms with Crippen molar-refractivity contribution in [3.8, 4) is 11.1 Å². The van der Waals surface area contributed by atoms with Crippen molar-refractivity contribution in [2.45, 2.75) is 0 Å². The van der Waals surface area contributed by atoms with Crippen LogP contribution in [0, 0.1) is 15.9 Å². The zero-order valence-corrected chi connectivity index (χ0v) is 9.17. The van der Waals surface area contributed by atoms with Crippen LogP contribution in [0.3, 0.4) is 0 Å². The second-order valence-corrected chi connectivity index (χ2v) is 3.66. The molecule has 2 aromatic rings. The van der Waals surface area contributed by atoms with Gasteiger partial charge in [-0.3, -0.25) is 14.9 Å². The molecular formula is C13H8FNO3. The Hall–Kier alpha value is -2.56. The maximum absolute atomic E-state index is 13.6. The summed E-state index contributed by atoms with van der Waals surface area (Å²) in [4.78, 5) is 20.7. The first-order chi connectivity index (χ1) is 8.61. The first-order valence-electron chi connectivity index (χ1n) is 5.11. The molecule has 0 fully saturated rings. The van der Waals surface area contributed by atoms with E-state index in [9.17, 15) is 19.3 Å². The Morgan fingerprint density at radius 1 is 1.17 bits per heavy atom. The summed E-state index contributed by atoms with van der Waals surface area (Å²) in [7, 11) is 0. The molecule has 0 aliphatic rings. The number of halogens is 1. The van der Waals surface area contributed by atoms with Gasteiger partial charge in [0.15, 0.2) is 0 Å². The van der Waals surface area contributed by atoms with Crippen molar-refractivity contribution in [1.29, 1.82) is 0 Å². The number of non-ortho nitro benzene ring substituents is 1. The van der Waals surface area contributed by atoms with Gasteiger partial charge in [0, 0.05) is 23.3 Å². The Bertz CT molecular complexity index is 625. The highest BCUT2D eigenvalue weighted by atomic mass is 19.1. The Labute approximate surface area is 102 Å². The van der Waals surface area contributed by atoms with Crippen LogP contribution in [-0.2, 0) is 0 Å². The maximum Gasteiger partial charge on any atom is 0.270 e. The molecule has 0 spiro atoms. The molecule has 0 aliphatic heterocycles. The summed E-state index contributed by atoms with van der Waals surface area (Å²) in [6.45, 7) is 0. The summed E-state index contributed by atoms with van der Waals surface area (Å²) in [6.07, 6.45) is 0.598. The van der Waals surface area contributed by atoms with E-state index in [1.165, 1.54) is 30.3 Å². The van der Waals surface area contributed by atoms with Gasteiger partial charge in [0.05, 0.1) is 4.92 Å². The van der Waals surface area contributed by atoms with Gasteiger partial charge in [0.25, 0.3) is 5.69 Å². The minimum absolute atomic E-state index is 0.122. The van der Waals surface area contributed by atoms with Gasteiger partial charge >= 0.3 is 0 Å². The fourth-order valence-corrected chi connectivity index (χ4v) is 1.62. The largest absolute Gasteiger partial charge is 0.298 e. The number of aldehydes is 1. The van der Waals surface area contributed by atoms with Gasteiger partial charge < -0.3 is 0 Å². The van der Waals surface area contributed by atoms with E-state index in [2.05, 4.69) is 0 Å². The third-order valence-corrected chi connectivity index (χ3v) is 2.49. The van der Waals surface area contributed by atoms with Gasteiger partial charge in [-0.2, -0.15) is 0 Å². The third-order valence-electron chi connectivity index (χ3n) is 2.49. The molecule has 0 aliphatic carbocycles. The molecule has 2 aromatic carbocycles. The Morgan fingerprint density at radius 2 is 1.94 bits per heavy atom. The Kier molecular flexibility index (Phi) is 3.14. The van der Waals surface area contributed by atoms with Gasteiger partial charge in [-0.15, -0.1) is 0 Å². The van der Waals surface area contributed by atoms with Crippen molar-refractivity contribution in [2.24, 2.45) is 0 Å². The second-order valence-electron chi connectivity index (χ2n) is 3.66.